The van der Waals surface area contributed by atoms with Gasteiger partial charge in [-0.05, 0) is 5.56 Å². The molecule has 70 valence electrons. The van der Waals surface area contributed by atoms with Crippen molar-refractivity contribution in [3.05, 3.63) is 35.9 Å². The summed E-state index contributed by atoms with van der Waals surface area (Å²) < 4.78 is 0. The molecule has 2 rings (SSSR count). The third kappa shape index (κ3) is 1.90. The van der Waals surface area contributed by atoms with Gasteiger partial charge in [0.25, 0.3) is 0 Å². The Morgan fingerprint density at radius 1 is 1.23 bits per heavy atom. The highest BCUT2D eigenvalue weighted by Gasteiger charge is 2.30. The maximum Gasteiger partial charge on any atom is 0.114 e. The van der Waals surface area contributed by atoms with Crippen molar-refractivity contribution in [2.24, 2.45) is 0 Å². The molecule has 0 unspecified atom stereocenters. The molecule has 0 aliphatic carbocycles. The van der Waals surface area contributed by atoms with Gasteiger partial charge in [-0.25, -0.2) is 0 Å². The molecule has 0 amide bonds. The Morgan fingerprint density at radius 3 is 2.38 bits per heavy atom. The van der Waals surface area contributed by atoms with Crippen LogP contribution in [0, 0.1) is 0 Å². The Bertz CT molecular complexity index is 269. The molecule has 0 aromatic heterocycles. The maximum absolute atomic E-state index is 9.84. The van der Waals surface area contributed by atoms with Crippen LogP contribution in [0.25, 0.3) is 0 Å². The fourth-order valence-electron chi connectivity index (χ4n) is 1.57. The first-order valence-corrected chi connectivity index (χ1v) is 4.76. The van der Waals surface area contributed by atoms with Crippen LogP contribution in [0.5, 0.6) is 0 Å². The fourth-order valence-corrected chi connectivity index (χ4v) is 1.57. The first-order chi connectivity index (χ1) is 6.29. The zero-order valence-corrected chi connectivity index (χ0v) is 7.85. The molecule has 13 heavy (non-hydrogen) atoms. The molecule has 1 aromatic rings. The van der Waals surface area contributed by atoms with Gasteiger partial charge < -0.3 is 5.11 Å². The summed E-state index contributed by atoms with van der Waals surface area (Å²) in [6.45, 7) is 4.15. The smallest absolute Gasteiger partial charge is 0.114 e. The van der Waals surface area contributed by atoms with Gasteiger partial charge in [0.05, 0.1) is 0 Å². The molecule has 0 radical (unpaired) electrons. The molecular formula is C11H15NO. The minimum Gasteiger partial charge on any atom is -0.378 e. The van der Waals surface area contributed by atoms with Crippen LogP contribution in [-0.4, -0.2) is 29.3 Å². The highest BCUT2D eigenvalue weighted by atomic mass is 16.3. The van der Waals surface area contributed by atoms with Gasteiger partial charge in [-0.15, -0.1) is 0 Å². The molecule has 0 spiro atoms. The van der Waals surface area contributed by atoms with Gasteiger partial charge in [0.2, 0.25) is 0 Å². The lowest BCUT2D eigenvalue weighted by Gasteiger charge is -2.19. The number of hydrogen-bond acceptors (Lipinski definition) is 2. The van der Waals surface area contributed by atoms with E-state index in [9.17, 15) is 5.11 Å². The Morgan fingerprint density at radius 2 is 1.85 bits per heavy atom. The second-order valence-electron chi connectivity index (χ2n) is 3.65. The standard InChI is InChI=1S/C11H15NO/c1-9(11(13)12-7-8-12)10-5-3-2-4-6-10/h2-6,9,11,13H,7-8H2,1H3/t9-,11-/m0/s1. The zero-order chi connectivity index (χ0) is 9.26. The molecule has 0 saturated carbocycles. The lowest BCUT2D eigenvalue weighted by Crippen LogP contribution is -2.24. The summed E-state index contributed by atoms with van der Waals surface area (Å²) in [4.78, 5) is 2.07. The molecule has 2 nitrogen and oxygen atoms in total. The molecule has 1 N–H and O–H groups in total. The summed E-state index contributed by atoms with van der Waals surface area (Å²) in [6.07, 6.45) is -0.303. The predicted octanol–water partition coefficient (Wildman–Crippen LogP) is 1.42. The minimum absolute atomic E-state index is 0.212. The minimum atomic E-state index is -0.303. The van der Waals surface area contributed by atoms with Crippen molar-refractivity contribution in [2.45, 2.75) is 19.1 Å². The Kier molecular flexibility index (Phi) is 2.34. The monoisotopic (exact) mass is 177 g/mol. The summed E-state index contributed by atoms with van der Waals surface area (Å²) in [7, 11) is 0. The third-order valence-corrected chi connectivity index (χ3v) is 2.63. The summed E-state index contributed by atoms with van der Waals surface area (Å²) >= 11 is 0. The second-order valence-corrected chi connectivity index (χ2v) is 3.65. The normalized spacial score (nSPS) is 21.1. The van der Waals surface area contributed by atoms with Crippen molar-refractivity contribution in [3.63, 3.8) is 0 Å². The molecule has 2 atom stereocenters. The van der Waals surface area contributed by atoms with Crippen LogP contribution >= 0.6 is 0 Å². The molecule has 0 bridgehead atoms. The van der Waals surface area contributed by atoms with Crippen LogP contribution < -0.4 is 0 Å². The highest BCUT2D eigenvalue weighted by molar-refractivity contribution is 5.20. The highest BCUT2D eigenvalue weighted by Crippen LogP contribution is 2.24. The van der Waals surface area contributed by atoms with Gasteiger partial charge >= 0.3 is 0 Å². The Labute approximate surface area is 78.8 Å². The largest absolute Gasteiger partial charge is 0.378 e. The summed E-state index contributed by atoms with van der Waals surface area (Å²) in [5.41, 5.74) is 1.21. The first-order valence-electron chi connectivity index (χ1n) is 4.76. The lowest BCUT2D eigenvalue weighted by molar-refractivity contribution is 0.0588. The van der Waals surface area contributed by atoms with Crippen molar-refractivity contribution < 1.29 is 5.11 Å². The van der Waals surface area contributed by atoms with Gasteiger partial charge in [-0.3, -0.25) is 4.90 Å². The van der Waals surface area contributed by atoms with Crippen molar-refractivity contribution in [1.82, 2.24) is 4.90 Å². The SMILES string of the molecule is C[C@@H](c1ccccc1)[C@H](O)N1CC1. The van der Waals surface area contributed by atoms with Crippen LogP contribution in [0.2, 0.25) is 0 Å². The second kappa shape index (κ2) is 3.48. The van der Waals surface area contributed by atoms with E-state index in [0.717, 1.165) is 13.1 Å². The molecule has 1 saturated heterocycles. The van der Waals surface area contributed by atoms with Crippen LogP contribution in [-0.2, 0) is 0 Å². The van der Waals surface area contributed by atoms with Gasteiger partial charge in [-0.2, -0.15) is 0 Å². The molecule has 1 aromatic carbocycles. The van der Waals surface area contributed by atoms with Crippen molar-refractivity contribution in [3.8, 4) is 0 Å². The zero-order valence-electron chi connectivity index (χ0n) is 7.85. The Hall–Kier alpha value is -0.860. The van der Waals surface area contributed by atoms with Gasteiger partial charge in [0, 0.05) is 19.0 Å². The van der Waals surface area contributed by atoms with E-state index in [-0.39, 0.29) is 12.1 Å². The summed E-state index contributed by atoms with van der Waals surface area (Å²) in [5, 5.41) is 9.84. The van der Waals surface area contributed by atoms with E-state index in [0.29, 0.717) is 0 Å². The van der Waals surface area contributed by atoms with E-state index < -0.39 is 0 Å². The number of rotatable bonds is 3. The van der Waals surface area contributed by atoms with E-state index in [1.807, 2.05) is 18.2 Å². The number of nitrogens with zero attached hydrogens (tertiary/aromatic N) is 1. The number of aliphatic hydroxyl groups excluding tert-OH is 1. The number of hydrogen-bond donors (Lipinski definition) is 1. The molecular weight excluding hydrogens is 162 g/mol. The van der Waals surface area contributed by atoms with Crippen molar-refractivity contribution in [2.75, 3.05) is 13.1 Å². The quantitative estimate of drug-likeness (QED) is 0.706. The van der Waals surface area contributed by atoms with Crippen LogP contribution in [0.4, 0.5) is 0 Å². The predicted molar refractivity (Wildman–Crippen MR) is 52.4 cm³/mol. The van der Waals surface area contributed by atoms with Gasteiger partial charge in [-0.1, -0.05) is 37.3 Å². The average Bonchev–Trinajstić information content (AvgIpc) is 3.00. The topological polar surface area (TPSA) is 23.2 Å². The molecule has 1 heterocycles. The maximum atomic E-state index is 9.84. The van der Waals surface area contributed by atoms with E-state index >= 15 is 0 Å². The Balaban J connectivity index is 2.07. The lowest BCUT2D eigenvalue weighted by atomic mass is 10.00. The first kappa shape index (κ1) is 8.73. The van der Waals surface area contributed by atoms with Crippen molar-refractivity contribution >= 4 is 0 Å². The molecule has 2 heteroatoms. The molecule has 1 aliphatic rings. The van der Waals surface area contributed by atoms with E-state index in [4.69, 9.17) is 0 Å². The van der Waals surface area contributed by atoms with Gasteiger partial charge in [0.1, 0.15) is 6.23 Å². The number of benzene rings is 1. The van der Waals surface area contributed by atoms with E-state index in [1.165, 1.54) is 5.56 Å². The van der Waals surface area contributed by atoms with Gasteiger partial charge in [0.15, 0.2) is 0 Å². The fraction of sp³-hybridized carbons (Fsp3) is 0.455. The molecule has 1 fully saturated rings. The number of aliphatic hydroxyl groups is 1. The molecule has 1 aliphatic heterocycles. The van der Waals surface area contributed by atoms with E-state index in [1.54, 1.807) is 0 Å². The van der Waals surface area contributed by atoms with Crippen molar-refractivity contribution in [1.29, 1.82) is 0 Å². The van der Waals surface area contributed by atoms with E-state index in [2.05, 4.69) is 24.0 Å². The third-order valence-electron chi connectivity index (χ3n) is 2.63. The summed E-state index contributed by atoms with van der Waals surface area (Å²) in [6, 6.07) is 10.2. The average molecular weight is 177 g/mol. The van der Waals surface area contributed by atoms with Crippen LogP contribution in [0.1, 0.15) is 18.4 Å². The van der Waals surface area contributed by atoms with Crippen LogP contribution in [0.15, 0.2) is 30.3 Å². The summed E-state index contributed by atoms with van der Waals surface area (Å²) in [5.74, 6) is 0.212. The van der Waals surface area contributed by atoms with Crippen LogP contribution in [0.3, 0.4) is 0 Å².